The molecule has 0 aliphatic carbocycles. The number of aryl methyl sites for hydroxylation is 1. The molecule has 8 nitrogen and oxygen atoms in total. The van der Waals surface area contributed by atoms with Gasteiger partial charge >= 0.3 is 16.1 Å². The minimum absolute atomic E-state index is 0.0268. The van der Waals surface area contributed by atoms with Crippen molar-refractivity contribution in [3.05, 3.63) is 113 Å². The summed E-state index contributed by atoms with van der Waals surface area (Å²) < 4.78 is 37.5. The Hall–Kier alpha value is -3.60. The first kappa shape index (κ1) is 25.1. The Kier molecular flexibility index (Phi) is 6.80. The molecule has 2 heterocycles. The van der Waals surface area contributed by atoms with E-state index in [1.165, 1.54) is 28.8 Å². The molecule has 3 aromatic rings. The minimum atomic E-state index is -4.27. The number of esters is 1. The van der Waals surface area contributed by atoms with Gasteiger partial charge in [0.25, 0.3) is 0 Å². The molecule has 190 valence electrons. The second-order valence-corrected chi connectivity index (χ2v) is 11.3. The van der Waals surface area contributed by atoms with Crippen molar-refractivity contribution in [2.24, 2.45) is 5.73 Å². The van der Waals surface area contributed by atoms with Gasteiger partial charge in [-0.05, 0) is 30.2 Å². The van der Waals surface area contributed by atoms with E-state index in [0.29, 0.717) is 11.1 Å². The van der Waals surface area contributed by atoms with E-state index < -0.39 is 39.5 Å². The third-order valence-corrected chi connectivity index (χ3v) is 8.66. The number of β-lactam (4-membered cyclic amide) rings is 1. The minimum Gasteiger partial charge on any atom is -0.448 e. The number of fused-ring (bicyclic) bond motifs is 1. The first-order chi connectivity index (χ1) is 17.8. The molecule has 2 N–H and O–H groups in total. The molecule has 1 saturated heterocycles. The zero-order valence-corrected chi connectivity index (χ0v) is 21.4. The number of hydrogen-bond donors (Lipinski definition) is 1. The van der Waals surface area contributed by atoms with E-state index >= 15 is 0 Å². The van der Waals surface area contributed by atoms with Crippen molar-refractivity contribution in [1.29, 1.82) is 0 Å². The summed E-state index contributed by atoms with van der Waals surface area (Å²) in [5.74, 6) is -1.53. The Morgan fingerprint density at radius 2 is 1.54 bits per heavy atom. The number of nitrogens with two attached hydrogens (primary N) is 1. The summed E-state index contributed by atoms with van der Waals surface area (Å²) >= 11 is 1.23. The summed E-state index contributed by atoms with van der Waals surface area (Å²) in [6.07, 6.45) is -0.796. The van der Waals surface area contributed by atoms with Gasteiger partial charge in [0.1, 0.15) is 16.3 Å². The maximum Gasteiger partial charge on any atom is 0.359 e. The van der Waals surface area contributed by atoms with E-state index in [9.17, 15) is 18.0 Å². The van der Waals surface area contributed by atoms with Gasteiger partial charge in [-0.25, -0.2) is 4.79 Å². The lowest BCUT2D eigenvalue weighted by atomic mass is 10.0. The highest BCUT2D eigenvalue weighted by Gasteiger charge is 2.53. The fourth-order valence-electron chi connectivity index (χ4n) is 4.17. The first-order valence-electron chi connectivity index (χ1n) is 11.5. The fraction of sp³-hybridized carbons (Fsp3) is 0.185. The number of carbonyl (C=O) groups excluding carboxylic acids is 2. The van der Waals surface area contributed by atoms with Crippen molar-refractivity contribution >= 4 is 33.8 Å². The third kappa shape index (κ3) is 4.87. The number of ether oxygens (including phenoxy) is 1. The summed E-state index contributed by atoms with van der Waals surface area (Å²) in [5, 5.41) is -0.517. The van der Waals surface area contributed by atoms with Crippen LogP contribution in [0.1, 0.15) is 22.8 Å². The highest BCUT2D eigenvalue weighted by molar-refractivity contribution is 8.00. The number of nitrogens with zero attached hydrogens (tertiary/aromatic N) is 1. The summed E-state index contributed by atoms with van der Waals surface area (Å²) in [6.45, 7) is 1.83. The van der Waals surface area contributed by atoms with Crippen LogP contribution in [0.4, 0.5) is 0 Å². The molecule has 1 unspecified atom stereocenters. The second kappa shape index (κ2) is 10.0. The van der Waals surface area contributed by atoms with Crippen molar-refractivity contribution in [2.45, 2.75) is 29.3 Å². The van der Waals surface area contributed by atoms with E-state index in [4.69, 9.17) is 14.7 Å². The van der Waals surface area contributed by atoms with Gasteiger partial charge in [-0.1, -0.05) is 78.4 Å². The molecule has 37 heavy (non-hydrogen) atoms. The van der Waals surface area contributed by atoms with Crippen LogP contribution in [-0.2, 0) is 28.6 Å². The predicted molar refractivity (Wildman–Crippen MR) is 138 cm³/mol. The number of rotatable bonds is 7. The zero-order chi connectivity index (χ0) is 26.2. The van der Waals surface area contributed by atoms with E-state index in [1.54, 1.807) is 12.1 Å². The smallest absolute Gasteiger partial charge is 0.359 e. The molecule has 2 aliphatic rings. The SMILES string of the molecule is Cc1ccc(S(=O)(=O)OC2=C(C(=O)OC(c3ccccc3)c3ccccc3)N3C(=O)C(N)[C@H]3SC2)cc1. The lowest BCUT2D eigenvalue weighted by Gasteiger charge is -2.47. The average molecular weight is 537 g/mol. The summed E-state index contributed by atoms with van der Waals surface area (Å²) in [4.78, 5) is 27.5. The van der Waals surface area contributed by atoms with Gasteiger partial charge in [-0.3, -0.25) is 9.69 Å². The number of amides is 1. The Morgan fingerprint density at radius 1 is 0.973 bits per heavy atom. The molecule has 1 fully saturated rings. The van der Waals surface area contributed by atoms with E-state index in [-0.39, 0.29) is 22.1 Å². The highest BCUT2D eigenvalue weighted by Crippen LogP contribution is 2.42. The summed E-state index contributed by atoms with van der Waals surface area (Å²) in [6, 6.07) is 23.6. The molecule has 5 rings (SSSR count). The standard InChI is InChI=1S/C27H24N2O6S2/c1-17-12-14-20(15-13-17)37(32,33)35-21-16-36-26-22(28)25(30)29(26)23(21)27(31)34-24(18-8-4-2-5-9-18)19-10-6-3-7-11-19/h2-15,22,24,26H,16,28H2,1H3/t22?,26-/m1/s1. The molecule has 2 atom stereocenters. The molecule has 0 radical (unpaired) electrons. The van der Waals surface area contributed by atoms with Crippen LogP contribution < -0.4 is 5.73 Å². The normalized spacial score (nSPS) is 19.3. The summed E-state index contributed by atoms with van der Waals surface area (Å²) in [7, 11) is -4.27. The van der Waals surface area contributed by atoms with E-state index in [2.05, 4.69) is 0 Å². The van der Waals surface area contributed by atoms with Gasteiger partial charge in [-0.2, -0.15) is 8.42 Å². The molecule has 3 aromatic carbocycles. The van der Waals surface area contributed by atoms with E-state index in [1.807, 2.05) is 67.6 Å². The Balaban J connectivity index is 1.53. The Bertz CT molecular complexity index is 1420. The van der Waals surface area contributed by atoms with Crippen LogP contribution >= 0.6 is 11.8 Å². The first-order valence-corrected chi connectivity index (χ1v) is 14.0. The largest absolute Gasteiger partial charge is 0.448 e. The maximum absolute atomic E-state index is 13.7. The van der Waals surface area contributed by atoms with Crippen LogP contribution in [0.5, 0.6) is 0 Å². The topological polar surface area (TPSA) is 116 Å². The van der Waals surface area contributed by atoms with Crippen LogP contribution in [0.25, 0.3) is 0 Å². The van der Waals surface area contributed by atoms with Crippen LogP contribution in [0, 0.1) is 6.92 Å². The Morgan fingerprint density at radius 3 is 2.11 bits per heavy atom. The highest BCUT2D eigenvalue weighted by atomic mass is 32.2. The van der Waals surface area contributed by atoms with Crippen molar-refractivity contribution in [1.82, 2.24) is 4.90 Å². The van der Waals surface area contributed by atoms with E-state index in [0.717, 1.165) is 5.56 Å². The van der Waals surface area contributed by atoms with Crippen LogP contribution in [-0.4, -0.2) is 42.4 Å². The molecule has 1 amide bonds. The molecule has 10 heteroatoms. The summed E-state index contributed by atoms with van der Waals surface area (Å²) in [5.41, 5.74) is 8.02. The molecule has 0 spiro atoms. The van der Waals surface area contributed by atoms with Gasteiger partial charge < -0.3 is 14.7 Å². The van der Waals surface area contributed by atoms with Gasteiger partial charge in [0.05, 0.1) is 5.75 Å². The van der Waals surface area contributed by atoms with Crippen LogP contribution in [0.3, 0.4) is 0 Å². The second-order valence-electron chi connectivity index (χ2n) is 8.66. The quantitative estimate of drug-likeness (QED) is 0.277. The lowest BCUT2D eigenvalue weighted by Crippen LogP contribution is -2.68. The molecule has 0 saturated carbocycles. The maximum atomic E-state index is 13.7. The third-order valence-electron chi connectivity index (χ3n) is 6.12. The molecule has 2 aliphatic heterocycles. The van der Waals surface area contributed by atoms with Gasteiger partial charge in [0.15, 0.2) is 17.6 Å². The monoisotopic (exact) mass is 536 g/mol. The molecule has 0 aromatic heterocycles. The molecule has 0 bridgehead atoms. The zero-order valence-electron chi connectivity index (χ0n) is 19.8. The van der Waals surface area contributed by atoms with Gasteiger partial charge in [-0.15, -0.1) is 11.8 Å². The number of benzene rings is 3. The average Bonchev–Trinajstić information content (AvgIpc) is 2.92. The van der Waals surface area contributed by atoms with Crippen molar-refractivity contribution < 1.29 is 26.9 Å². The van der Waals surface area contributed by atoms with Crippen LogP contribution in [0.2, 0.25) is 0 Å². The molecular formula is C27H24N2O6S2. The Labute approximate surface area is 219 Å². The predicted octanol–water partition coefficient (Wildman–Crippen LogP) is 3.49. The van der Waals surface area contributed by atoms with Gasteiger partial charge in [0.2, 0.25) is 5.91 Å². The van der Waals surface area contributed by atoms with Gasteiger partial charge in [0, 0.05) is 0 Å². The number of carbonyl (C=O) groups is 2. The van der Waals surface area contributed by atoms with Crippen molar-refractivity contribution in [3.8, 4) is 0 Å². The number of hydrogen-bond acceptors (Lipinski definition) is 8. The fourth-order valence-corrected chi connectivity index (χ4v) is 6.42. The van der Waals surface area contributed by atoms with Crippen molar-refractivity contribution in [2.75, 3.05) is 5.75 Å². The van der Waals surface area contributed by atoms with Crippen LogP contribution in [0.15, 0.2) is 101 Å². The molecular weight excluding hydrogens is 512 g/mol. The number of thioether (sulfide) groups is 1. The lowest BCUT2D eigenvalue weighted by molar-refractivity contribution is -0.153. The van der Waals surface area contributed by atoms with Crippen molar-refractivity contribution in [3.63, 3.8) is 0 Å².